The molecule has 1 amide bonds. The van der Waals surface area contributed by atoms with Gasteiger partial charge in [-0.3, -0.25) is 10.1 Å². The minimum atomic E-state index is -0.850. The summed E-state index contributed by atoms with van der Waals surface area (Å²) in [6.45, 7) is 0. The Morgan fingerprint density at radius 3 is 2.48 bits per heavy atom. The number of nitrogens with one attached hydrogen (secondary N) is 1. The van der Waals surface area contributed by atoms with Crippen LogP contribution < -0.4 is 10.1 Å². The van der Waals surface area contributed by atoms with Gasteiger partial charge in [0, 0.05) is 11.6 Å². The highest BCUT2D eigenvalue weighted by atomic mass is 19.1. The maximum Gasteiger partial charge on any atom is 0.322 e. The first-order valence-electron chi connectivity index (χ1n) is 8.52. The molecule has 1 N–H and O–H groups in total. The molecule has 29 heavy (non-hydrogen) atoms. The van der Waals surface area contributed by atoms with Gasteiger partial charge >= 0.3 is 6.01 Å². The molecule has 3 aromatic carbocycles. The van der Waals surface area contributed by atoms with Gasteiger partial charge in [-0.05, 0) is 42.5 Å². The second-order valence-electron chi connectivity index (χ2n) is 5.93. The van der Waals surface area contributed by atoms with E-state index in [2.05, 4.69) is 15.5 Å². The van der Waals surface area contributed by atoms with Crippen LogP contribution in [0.2, 0.25) is 0 Å². The van der Waals surface area contributed by atoms with Crippen molar-refractivity contribution in [2.75, 3.05) is 5.32 Å². The third-order valence-corrected chi connectivity index (χ3v) is 3.88. The Bertz CT molecular complexity index is 1160. The van der Waals surface area contributed by atoms with Crippen LogP contribution in [-0.2, 0) is 0 Å². The summed E-state index contributed by atoms with van der Waals surface area (Å²) in [5, 5.41) is 9.79. The average molecular weight is 393 g/mol. The number of nitrogens with zero attached hydrogens (tertiary/aromatic N) is 2. The number of carbonyl (C=O) groups excluding carboxylic acids is 1. The zero-order valence-electron chi connectivity index (χ0n) is 14.8. The fourth-order valence-electron chi connectivity index (χ4n) is 2.54. The van der Waals surface area contributed by atoms with E-state index < -0.39 is 17.5 Å². The minimum Gasteiger partial charge on any atom is -0.457 e. The second-order valence-corrected chi connectivity index (χ2v) is 5.93. The lowest BCUT2D eigenvalue weighted by Crippen LogP contribution is -2.12. The van der Waals surface area contributed by atoms with Crippen molar-refractivity contribution in [3.63, 3.8) is 0 Å². The monoisotopic (exact) mass is 393 g/mol. The van der Waals surface area contributed by atoms with Crippen LogP contribution in [0.1, 0.15) is 10.4 Å². The average Bonchev–Trinajstić information content (AvgIpc) is 3.17. The molecule has 0 unspecified atom stereocenters. The predicted octanol–water partition coefficient (Wildman–Crippen LogP) is 5.06. The molecule has 8 heteroatoms. The van der Waals surface area contributed by atoms with E-state index in [1.54, 1.807) is 36.4 Å². The number of ether oxygens (including phenoxy) is 1. The maximum absolute atomic E-state index is 13.8. The number of benzene rings is 3. The minimum absolute atomic E-state index is 0.0716. The van der Waals surface area contributed by atoms with Crippen molar-refractivity contribution in [1.29, 1.82) is 0 Å². The number of anilines is 1. The standard InChI is InChI=1S/C21H13F2N3O3/c22-14-9-10-17(18(23)12-14)20-25-26-21(29-20)24-19(27)13-5-4-8-16(11-13)28-15-6-2-1-3-7-15/h1-12H,(H,24,26,27). The number of carbonyl (C=O) groups is 1. The van der Waals surface area contributed by atoms with Crippen molar-refractivity contribution in [2.24, 2.45) is 0 Å². The van der Waals surface area contributed by atoms with Crippen molar-refractivity contribution >= 4 is 11.9 Å². The van der Waals surface area contributed by atoms with E-state index in [1.165, 1.54) is 6.07 Å². The van der Waals surface area contributed by atoms with Gasteiger partial charge in [-0.25, -0.2) is 8.78 Å². The number of halogens is 2. The van der Waals surface area contributed by atoms with Crippen LogP contribution in [0.15, 0.2) is 77.2 Å². The predicted molar refractivity (Wildman–Crippen MR) is 101 cm³/mol. The Labute approximate surface area is 163 Å². The highest BCUT2D eigenvalue weighted by molar-refractivity contribution is 6.03. The molecule has 144 valence electrons. The first-order chi connectivity index (χ1) is 14.1. The molecule has 0 saturated carbocycles. The zero-order valence-corrected chi connectivity index (χ0v) is 14.8. The molecule has 0 fully saturated rings. The molecule has 0 aliphatic carbocycles. The molecular formula is C21H13F2N3O3. The Balaban J connectivity index is 1.49. The summed E-state index contributed by atoms with van der Waals surface area (Å²) in [5.41, 5.74) is 0.226. The van der Waals surface area contributed by atoms with Crippen molar-refractivity contribution in [3.05, 3.63) is 90.0 Å². The fourth-order valence-corrected chi connectivity index (χ4v) is 2.54. The van der Waals surface area contributed by atoms with Gasteiger partial charge in [0.05, 0.1) is 5.56 Å². The van der Waals surface area contributed by atoms with Gasteiger partial charge in [0.15, 0.2) is 0 Å². The van der Waals surface area contributed by atoms with E-state index in [9.17, 15) is 13.6 Å². The first kappa shape index (κ1) is 18.3. The van der Waals surface area contributed by atoms with E-state index in [0.717, 1.165) is 6.07 Å². The molecule has 4 rings (SSSR count). The van der Waals surface area contributed by atoms with Gasteiger partial charge in [-0.15, -0.1) is 5.10 Å². The molecule has 1 heterocycles. The molecule has 4 aromatic rings. The second kappa shape index (κ2) is 7.89. The van der Waals surface area contributed by atoms with Gasteiger partial charge in [0.1, 0.15) is 23.1 Å². The highest BCUT2D eigenvalue weighted by Gasteiger charge is 2.16. The van der Waals surface area contributed by atoms with E-state index >= 15 is 0 Å². The van der Waals surface area contributed by atoms with E-state index in [1.807, 2.05) is 18.2 Å². The van der Waals surface area contributed by atoms with Crippen molar-refractivity contribution in [2.45, 2.75) is 0 Å². The van der Waals surface area contributed by atoms with Crippen molar-refractivity contribution < 1.29 is 22.7 Å². The summed E-state index contributed by atoms with van der Waals surface area (Å²) in [4.78, 5) is 12.5. The topological polar surface area (TPSA) is 77.3 Å². The molecule has 0 aliphatic rings. The van der Waals surface area contributed by atoms with E-state index in [0.29, 0.717) is 23.1 Å². The Morgan fingerprint density at radius 1 is 0.897 bits per heavy atom. The van der Waals surface area contributed by atoms with Crippen LogP contribution in [-0.4, -0.2) is 16.1 Å². The summed E-state index contributed by atoms with van der Waals surface area (Å²) >= 11 is 0. The molecule has 0 saturated heterocycles. The van der Waals surface area contributed by atoms with Gasteiger partial charge < -0.3 is 9.15 Å². The van der Waals surface area contributed by atoms with Crippen molar-refractivity contribution in [3.8, 4) is 23.0 Å². The lowest BCUT2D eigenvalue weighted by atomic mass is 10.2. The molecule has 0 atom stereocenters. The highest BCUT2D eigenvalue weighted by Crippen LogP contribution is 2.25. The number of aromatic nitrogens is 2. The van der Waals surface area contributed by atoms with Crippen LogP contribution in [0.25, 0.3) is 11.5 Å². The van der Waals surface area contributed by atoms with E-state index in [4.69, 9.17) is 9.15 Å². The Kier molecular flexibility index (Phi) is 4.98. The molecule has 0 radical (unpaired) electrons. The van der Waals surface area contributed by atoms with Crippen LogP contribution in [0.4, 0.5) is 14.8 Å². The summed E-state index contributed by atoms with van der Waals surface area (Å²) < 4.78 is 37.8. The normalized spacial score (nSPS) is 10.6. The van der Waals surface area contributed by atoms with E-state index in [-0.39, 0.29) is 17.5 Å². The quantitative estimate of drug-likeness (QED) is 0.513. The SMILES string of the molecule is O=C(Nc1nnc(-c2ccc(F)cc2F)o1)c1cccc(Oc2ccccc2)c1. The summed E-state index contributed by atoms with van der Waals surface area (Å²) in [7, 11) is 0. The lowest BCUT2D eigenvalue weighted by Gasteiger charge is -2.07. The van der Waals surface area contributed by atoms with Gasteiger partial charge in [0.2, 0.25) is 0 Å². The number of rotatable bonds is 5. The van der Waals surface area contributed by atoms with Gasteiger partial charge in [-0.1, -0.05) is 29.4 Å². The molecule has 0 aliphatic heterocycles. The molecule has 6 nitrogen and oxygen atoms in total. The fraction of sp³-hybridized carbons (Fsp3) is 0. The summed E-state index contributed by atoms with van der Waals surface area (Å²) in [6, 6.07) is 18.4. The lowest BCUT2D eigenvalue weighted by molar-refractivity contribution is 0.102. The molecule has 0 bridgehead atoms. The number of hydrogen-bond acceptors (Lipinski definition) is 5. The smallest absolute Gasteiger partial charge is 0.322 e. The number of hydrogen-bond donors (Lipinski definition) is 1. The third kappa shape index (κ3) is 4.27. The van der Waals surface area contributed by atoms with Crippen LogP contribution in [0.3, 0.4) is 0 Å². The maximum atomic E-state index is 13.8. The largest absolute Gasteiger partial charge is 0.457 e. The van der Waals surface area contributed by atoms with Crippen LogP contribution in [0.5, 0.6) is 11.5 Å². The number of para-hydroxylation sites is 1. The van der Waals surface area contributed by atoms with Crippen LogP contribution >= 0.6 is 0 Å². The number of amides is 1. The summed E-state index contributed by atoms with van der Waals surface area (Å²) in [5.74, 6) is -1.16. The Morgan fingerprint density at radius 2 is 1.69 bits per heavy atom. The summed E-state index contributed by atoms with van der Waals surface area (Å²) in [6.07, 6.45) is 0. The Hall–Kier alpha value is -4.07. The zero-order chi connectivity index (χ0) is 20.2. The van der Waals surface area contributed by atoms with Gasteiger partial charge in [-0.2, -0.15) is 0 Å². The third-order valence-electron chi connectivity index (χ3n) is 3.88. The van der Waals surface area contributed by atoms with Crippen molar-refractivity contribution in [1.82, 2.24) is 10.2 Å². The molecule has 1 aromatic heterocycles. The molecular weight excluding hydrogens is 380 g/mol. The molecule has 0 spiro atoms. The van der Waals surface area contributed by atoms with Crippen LogP contribution in [0, 0.1) is 11.6 Å². The first-order valence-corrected chi connectivity index (χ1v) is 8.52. The van der Waals surface area contributed by atoms with Gasteiger partial charge in [0.25, 0.3) is 11.8 Å².